The summed E-state index contributed by atoms with van der Waals surface area (Å²) in [5.74, 6) is 0.989. The number of nitrogens with one attached hydrogen (secondary N) is 1. The molecule has 0 radical (unpaired) electrons. The molecule has 3 rings (SSSR count). The Kier molecular flexibility index (Phi) is 6.66. The van der Waals surface area contributed by atoms with Crippen LogP contribution >= 0.6 is 11.8 Å². The molecule has 8 heteroatoms. The van der Waals surface area contributed by atoms with Crippen molar-refractivity contribution in [2.45, 2.75) is 18.6 Å². The average molecular weight is 412 g/mol. The summed E-state index contributed by atoms with van der Waals surface area (Å²) in [6, 6.07) is 11.8. The van der Waals surface area contributed by atoms with Gasteiger partial charge in [-0.25, -0.2) is 4.39 Å². The van der Waals surface area contributed by atoms with Crippen LogP contribution in [0.4, 0.5) is 10.1 Å². The van der Waals surface area contributed by atoms with Gasteiger partial charge in [-0.05, 0) is 42.8 Å². The van der Waals surface area contributed by atoms with E-state index in [1.54, 1.807) is 26.2 Å². The predicted molar refractivity (Wildman–Crippen MR) is 113 cm³/mol. The summed E-state index contributed by atoms with van der Waals surface area (Å²) in [6.45, 7) is 6.04. The molecule has 0 saturated carbocycles. The van der Waals surface area contributed by atoms with E-state index in [4.69, 9.17) is 4.74 Å². The molecule has 0 aliphatic heterocycles. The maximum atomic E-state index is 13.2. The first-order valence-electron chi connectivity index (χ1n) is 8.89. The number of carbonyl (C=O) groups is 1. The Hall–Kier alpha value is -3.13. The lowest BCUT2D eigenvalue weighted by Gasteiger charge is -2.10. The molecule has 2 aromatic carbocycles. The highest BCUT2D eigenvalue weighted by molar-refractivity contribution is 7.99. The number of carbonyl (C=O) groups excluding carboxylic acids is 1. The van der Waals surface area contributed by atoms with Crippen molar-refractivity contribution in [1.29, 1.82) is 0 Å². The summed E-state index contributed by atoms with van der Waals surface area (Å²) < 4.78 is 20.4. The van der Waals surface area contributed by atoms with Gasteiger partial charge in [-0.15, -0.1) is 16.8 Å². The molecule has 0 aliphatic carbocycles. The maximum absolute atomic E-state index is 13.2. The van der Waals surface area contributed by atoms with Gasteiger partial charge in [-0.1, -0.05) is 30.0 Å². The summed E-state index contributed by atoms with van der Waals surface area (Å²) >= 11 is 1.27. The maximum Gasteiger partial charge on any atom is 0.234 e. The SMILES string of the molecule is C=CCn1c(SCC(=O)Nc2ccc(F)cc2C)nnc1-c1cccc(OC)c1. The zero-order chi connectivity index (χ0) is 20.8. The quantitative estimate of drug-likeness (QED) is 0.441. The van der Waals surface area contributed by atoms with Crippen molar-refractivity contribution in [3.8, 4) is 17.1 Å². The summed E-state index contributed by atoms with van der Waals surface area (Å²) in [7, 11) is 1.61. The lowest BCUT2D eigenvalue weighted by molar-refractivity contribution is -0.113. The van der Waals surface area contributed by atoms with Gasteiger partial charge < -0.3 is 10.1 Å². The van der Waals surface area contributed by atoms with Gasteiger partial charge in [0.1, 0.15) is 11.6 Å². The van der Waals surface area contributed by atoms with E-state index in [9.17, 15) is 9.18 Å². The van der Waals surface area contributed by atoms with Gasteiger partial charge >= 0.3 is 0 Å². The highest BCUT2D eigenvalue weighted by Crippen LogP contribution is 2.27. The molecule has 0 bridgehead atoms. The Labute approximate surface area is 172 Å². The molecule has 1 amide bonds. The molecule has 150 valence electrons. The van der Waals surface area contributed by atoms with Crippen molar-refractivity contribution < 1.29 is 13.9 Å². The zero-order valence-electron chi connectivity index (χ0n) is 16.2. The Morgan fingerprint density at radius 1 is 1.31 bits per heavy atom. The van der Waals surface area contributed by atoms with Crippen molar-refractivity contribution in [3.05, 3.63) is 66.5 Å². The first-order valence-corrected chi connectivity index (χ1v) is 9.87. The highest BCUT2D eigenvalue weighted by atomic mass is 32.2. The van der Waals surface area contributed by atoms with Crippen molar-refractivity contribution in [2.75, 3.05) is 18.2 Å². The van der Waals surface area contributed by atoms with E-state index in [1.807, 2.05) is 28.8 Å². The third kappa shape index (κ3) is 5.03. The monoisotopic (exact) mass is 412 g/mol. The van der Waals surface area contributed by atoms with Gasteiger partial charge in [0.2, 0.25) is 5.91 Å². The Morgan fingerprint density at radius 3 is 2.86 bits per heavy atom. The molecular weight excluding hydrogens is 391 g/mol. The van der Waals surface area contributed by atoms with E-state index in [0.717, 1.165) is 11.3 Å². The predicted octanol–water partition coefficient (Wildman–Crippen LogP) is 4.32. The lowest BCUT2D eigenvalue weighted by atomic mass is 10.2. The summed E-state index contributed by atoms with van der Waals surface area (Å²) in [5, 5.41) is 11.9. The number of aryl methyl sites for hydroxylation is 1. The lowest BCUT2D eigenvalue weighted by Crippen LogP contribution is -2.15. The van der Waals surface area contributed by atoms with Crippen LogP contribution in [0.25, 0.3) is 11.4 Å². The Morgan fingerprint density at radius 2 is 2.14 bits per heavy atom. The number of benzene rings is 2. The van der Waals surface area contributed by atoms with Crippen LogP contribution in [0, 0.1) is 12.7 Å². The fourth-order valence-electron chi connectivity index (χ4n) is 2.75. The topological polar surface area (TPSA) is 69.0 Å². The van der Waals surface area contributed by atoms with Crippen LogP contribution in [0.2, 0.25) is 0 Å². The van der Waals surface area contributed by atoms with Crippen LogP contribution in [0.15, 0.2) is 60.3 Å². The van der Waals surface area contributed by atoms with Crippen LogP contribution in [0.1, 0.15) is 5.56 Å². The van der Waals surface area contributed by atoms with Gasteiger partial charge in [0.15, 0.2) is 11.0 Å². The van der Waals surface area contributed by atoms with E-state index in [0.29, 0.717) is 28.8 Å². The fraction of sp³-hybridized carbons (Fsp3) is 0.190. The molecule has 1 heterocycles. The number of rotatable bonds is 8. The molecule has 29 heavy (non-hydrogen) atoms. The van der Waals surface area contributed by atoms with Crippen LogP contribution in [0.3, 0.4) is 0 Å². The fourth-order valence-corrected chi connectivity index (χ4v) is 3.50. The van der Waals surface area contributed by atoms with E-state index in [-0.39, 0.29) is 17.5 Å². The van der Waals surface area contributed by atoms with Crippen LogP contribution < -0.4 is 10.1 Å². The molecule has 0 unspecified atom stereocenters. The molecule has 0 saturated heterocycles. The summed E-state index contributed by atoms with van der Waals surface area (Å²) in [4.78, 5) is 12.3. The number of anilines is 1. The van der Waals surface area contributed by atoms with Crippen molar-refractivity contribution in [2.24, 2.45) is 0 Å². The van der Waals surface area contributed by atoms with E-state index >= 15 is 0 Å². The van der Waals surface area contributed by atoms with E-state index < -0.39 is 0 Å². The number of halogens is 1. The largest absolute Gasteiger partial charge is 0.497 e. The number of nitrogens with zero attached hydrogens (tertiary/aromatic N) is 3. The summed E-state index contributed by atoms with van der Waals surface area (Å²) in [6.07, 6.45) is 1.75. The molecule has 0 atom stereocenters. The second kappa shape index (κ2) is 9.38. The van der Waals surface area contributed by atoms with Crippen LogP contribution in [-0.2, 0) is 11.3 Å². The van der Waals surface area contributed by atoms with Crippen LogP contribution in [-0.4, -0.2) is 33.5 Å². The van der Waals surface area contributed by atoms with Gasteiger partial charge in [-0.2, -0.15) is 0 Å². The number of thioether (sulfide) groups is 1. The van der Waals surface area contributed by atoms with Crippen molar-refractivity contribution in [3.63, 3.8) is 0 Å². The third-order valence-electron chi connectivity index (χ3n) is 4.15. The molecular formula is C21H21FN4O2S. The minimum atomic E-state index is -0.336. The van der Waals surface area contributed by atoms with E-state index in [2.05, 4.69) is 22.1 Å². The normalized spacial score (nSPS) is 10.6. The number of methoxy groups -OCH3 is 1. The molecule has 3 aromatic rings. The second-order valence-electron chi connectivity index (χ2n) is 6.23. The van der Waals surface area contributed by atoms with Gasteiger partial charge in [-0.3, -0.25) is 9.36 Å². The van der Waals surface area contributed by atoms with Crippen LogP contribution in [0.5, 0.6) is 5.75 Å². The van der Waals surface area contributed by atoms with Crippen molar-refractivity contribution in [1.82, 2.24) is 14.8 Å². The Balaban J connectivity index is 1.74. The first-order chi connectivity index (χ1) is 14.0. The molecule has 0 aliphatic rings. The number of amides is 1. The zero-order valence-corrected chi connectivity index (χ0v) is 17.0. The average Bonchev–Trinajstić information content (AvgIpc) is 3.11. The van der Waals surface area contributed by atoms with Gasteiger partial charge in [0.05, 0.1) is 12.9 Å². The number of allylic oxidation sites excluding steroid dienone is 1. The highest BCUT2D eigenvalue weighted by Gasteiger charge is 2.16. The molecule has 6 nitrogen and oxygen atoms in total. The smallest absolute Gasteiger partial charge is 0.234 e. The van der Waals surface area contributed by atoms with Crippen molar-refractivity contribution >= 4 is 23.4 Å². The minimum Gasteiger partial charge on any atom is -0.497 e. The number of hydrogen-bond acceptors (Lipinski definition) is 5. The van der Waals surface area contributed by atoms with Gasteiger partial charge in [0.25, 0.3) is 0 Å². The number of ether oxygens (including phenoxy) is 1. The number of hydrogen-bond donors (Lipinski definition) is 1. The standard InChI is InChI=1S/C21H21FN4O2S/c1-4-10-26-20(15-6-5-7-17(12-15)28-3)24-25-21(26)29-13-19(27)23-18-9-8-16(22)11-14(18)2/h4-9,11-12H,1,10,13H2,2-3H3,(H,23,27). The van der Waals surface area contributed by atoms with E-state index in [1.165, 1.54) is 23.9 Å². The van der Waals surface area contributed by atoms with Gasteiger partial charge in [0, 0.05) is 17.8 Å². The molecule has 1 N–H and O–H groups in total. The Bertz CT molecular complexity index is 1040. The summed E-state index contributed by atoms with van der Waals surface area (Å²) in [5.41, 5.74) is 2.11. The third-order valence-corrected chi connectivity index (χ3v) is 5.12. The number of aromatic nitrogens is 3. The molecule has 0 fully saturated rings. The first kappa shape index (κ1) is 20.6. The molecule has 1 aromatic heterocycles. The second-order valence-corrected chi connectivity index (χ2v) is 7.18. The minimum absolute atomic E-state index is 0.143. The molecule has 0 spiro atoms.